The Morgan fingerprint density at radius 3 is 2.59 bits per heavy atom. The molecule has 1 saturated heterocycles. The second-order valence-corrected chi connectivity index (χ2v) is 7.16. The highest BCUT2D eigenvalue weighted by Crippen LogP contribution is 2.15. The molecule has 0 spiro atoms. The van der Waals surface area contributed by atoms with Crippen LogP contribution in [0.15, 0.2) is 47.1 Å². The molecule has 0 saturated carbocycles. The van der Waals surface area contributed by atoms with Gasteiger partial charge in [0.2, 0.25) is 5.91 Å². The van der Waals surface area contributed by atoms with Gasteiger partial charge in [-0.15, -0.1) is 0 Å². The smallest absolute Gasteiger partial charge is 0.257 e. The highest BCUT2D eigenvalue weighted by Gasteiger charge is 2.20. The first-order chi connectivity index (χ1) is 14.1. The minimum absolute atomic E-state index is 0.0481. The van der Waals surface area contributed by atoms with Gasteiger partial charge in [-0.1, -0.05) is 30.3 Å². The minimum Gasteiger partial charge on any atom is -0.469 e. The predicted octanol–water partition coefficient (Wildman–Crippen LogP) is 2.07. The van der Waals surface area contributed by atoms with Gasteiger partial charge < -0.3 is 19.4 Å². The Morgan fingerprint density at radius 2 is 1.90 bits per heavy atom. The summed E-state index contributed by atoms with van der Waals surface area (Å²) in [6.45, 7) is 7.29. The van der Waals surface area contributed by atoms with Gasteiger partial charge in [0.05, 0.1) is 25.0 Å². The molecule has 7 heteroatoms. The Hall–Kier alpha value is -2.64. The summed E-state index contributed by atoms with van der Waals surface area (Å²) < 4.78 is 10.6. The summed E-state index contributed by atoms with van der Waals surface area (Å²) in [6, 6.07) is 11.5. The standard InChI is InChI=1S/C22H29N3O4/c1-18-20(8-14-29-18)22(27)25(17-19-5-3-2-4-6-19)10-7-21(26)23-9-11-24-12-15-28-16-13-24/h2-6,8,14H,7,9-13,15-17H2,1H3,(H,23,26). The fourth-order valence-corrected chi connectivity index (χ4v) is 3.34. The van der Waals surface area contributed by atoms with E-state index in [1.54, 1.807) is 17.9 Å². The van der Waals surface area contributed by atoms with Gasteiger partial charge in [0.25, 0.3) is 5.91 Å². The fourth-order valence-electron chi connectivity index (χ4n) is 3.34. The molecule has 0 unspecified atom stereocenters. The normalized spacial score (nSPS) is 14.5. The van der Waals surface area contributed by atoms with Crippen LogP contribution in [0.4, 0.5) is 0 Å². The first-order valence-electron chi connectivity index (χ1n) is 10.1. The van der Waals surface area contributed by atoms with Gasteiger partial charge in [-0.3, -0.25) is 14.5 Å². The number of hydrogen-bond donors (Lipinski definition) is 1. The number of carbonyl (C=O) groups excluding carboxylic acids is 2. The minimum atomic E-state index is -0.124. The lowest BCUT2D eigenvalue weighted by Gasteiger charge is -2.26. The third kappa shape index (κ3) is 6.44. The number of amides is 2. The van der Waals surface area contributed by atoms with Crippen molar-refractivity contribution in [3.63, 3.8) is 0 Å². The number of rotatable bonds is 9. The summed E-state index contributed by atoms with van der Waals surface area (Å²) in [5, 5.41) is 2.96. The average molecular weight is 399 g/mol. The molecule has 1 aliphatic rings. The predicted molar refractivity (Wildman–Crippen MR) is 110 cm³/mol. The first kappa shape index (κ1) is 21.1. The Kier molecular flexibility index (Phi) is 7.84. The van der Waals surface area contributed by atoms with E-state index in [1.165, 1.54) is 6.26 Å². The van der Waals surface area contributed by atoms with Crippen molar-refractivity contribution in [2.45, 2.75) is 19.9 Å². The topological polar surface area (TPSA) is 75.0 Å². The summed E-state index contributed by atoms with van der Waals surface area (Å²) in [6.07, 6.45) is 1.78. The second-order valence-electron chi connectivity index (χ2n) is 7.16. The monoisotopic (exact) mass is 399 g/mol. The maximum Gasteiger partial charge on any atom is 0.257 e. The number of hydrogen-bond acceptors (Lipinski definition) is 5. The number of aryl methyl sites for hydroxylation is 1. The van der Waals surface area contributed by atoms with Gasteiger partial charge in [0.15, 0.2) is 0 Å². The SMILES string of the molecule is Cc1occc1C(=O)N(CCC(=O)NCCN1CCOCC1)Cc1ccccc1. The zero-order valence-electron chi connectivity index (χ0n) is 16.9. The van der Waals surface area contributed by atoms with Crippen LogP contribution in [-0.4, -0.2) is 67.6 Å². The van der Waals surface area contributed by atoms with Gasteiger partial charge in [0, 0.05) is 45.7 Å². The van der Waals surface area contributed by atoms with E-state index in [-0.39, 0.29) is 18.2 Å². The first-order valence-corrected chi connectivity index (χ1v) is 10.1. The van der Waals surface area contributed by atoms with E-state index >= 15 is 0 Å². The summed E-state index contributed by atoms with van der Waals surface area (Å²) in [5.74, 6) is 0.414. The van der Waals surface area contributed by atoms with E-state index in [9.17, 15) is 9.59 Å². The van der Waals surface area contributed by atoms with Gasteiger partial charge in [-0.2, -0.15) is 0 Å². The Bertz CT molecular complexity index is 784. The van der Waals surface area contributed by atoms with Crippen molar-refractivity contribution in [3.05, 3.63) is 59.5 Å². The summed E-state index contributed by atoms with van der Waals surface area (Å²) in [5.41, 5.74) is 1.56. The molecule has 2 amide bonds. The Balaban J connectivity index is 1.52. The molecule has 1 aliphatic heterocycles. The molecule has 156 valence electrons. The zero-order valence-corrected chi connectivity index (χ0v) is 16.9. The van der Waals surface area contributed by atoms with Crippen LogP contribution >= 0.6 is 0 Å². The lowest BCUT2D eigenvalue weighted by molar-refractivity contribution is -0.121. The average Bonchev–Trinajstić information content (AvgIpc) is 3.18. The molecule has 0 atom stereocenters. The molecule has 29 heavy (non-hydrogen) atoms. The number of nitrogens with zero attached hydrogens (tertiary/aromatic N) is 2. The highest BCUT2D eigenvalue weighted by molar-refractivity contribution is 5.95. The van der Waals surface area contributed by atoms with Gasteiger partial charge in [0.1, 0.15) is 5.76 Å². The maximum absolute atomic E-state index is 13.0. The van der Waals surface area contributed by atoms with E-state index in [4.69, 9.17) is 9.15 Å². The van der Waals surface area contributed by atoms with Crippen LogP contribution < -0.4 is 5.32 Å². The van der Waals surface area contributed by atoms with E-state index in [0.717, 1.165) is 38.4 Å². The number of morpholine rings is 1. The van der Waals surface area contributed by atoms with Gasteiger partial charge in [-0.05, 0) is 18.6 Å². The largest absolute Gasteiger partial charge is 0.469 e. The van der Waals surface area contributed by atoms with Crippen molar-refractivity contribution in [1.29, 1.82) is 0 Å². The molecule has 0 bridgehead atoms. The summed E-state index contributed by atoms with van der Waals surface area (Å²) in [4.78, 5) is 29.3. The van der Waals surface area contributed by atoms with E-state index in [1.807, 2.05) is 30.3 Å². The molecule has 7 nitrogen and oxygen atoms in total. The molecule has 2 heterocycles. The van der Waals surface area contributed by atoms with Crippen molar-refractivity contribution in [1.82, 2.24) is 15.1 Å². The van der Waals surface area contributed by atoms with E-state index < -0.39 is 0 Å². The van der Waals surface area contributed by atoms with Crippen molar-refractivity contribution in [3.8, 4) is 0 Å². The fraction of sp³-hybridized carbons (Fsp3) is 0.455. The Morgan fingerprint density at radius 1 is 1.14 bits per heavy atom. The van der Waals surface area contributed by atoms with E-state index in [2.05, 4.69) is 10.2 Å². The number of ether oxygens (including phenoxy) is 1. The zero-order chi connectivity index (χ0) is 20.5. The van der Waals surface area contributed by atoms with Gasteiger partial charge >= 0.3 is 0 Å². The third-order valence-electron chi connectivity index (χ3n) is 5.06. The molecule has 0 radical (unpaired) electrons. The molecule has 2 aromatic rings. The molecular formula is C22H29N3O4. The molecular weight excluding hydrogens is 370 g/mol. The molecule has 1 aromatic heterocycles. The maximum atomic E-state index is 13.0. The summed E-state index contributed by atoms with van der Waals surface area (Å²) in [7, 11) is 0. The number of nitrogens with one attached hydrogen (secondary N) is 1. The molecule has 1 N–H and O–H groups in total. The highest BCUT2D eigenvalue weighted by atomic mass is 16.5. The van der Waals surface area contributed by atoms with Crippen LogP contribution in [0.2, 0.25) is 0 Å². The quantitative estimate of drug-likeness (QED) is 0.699. The van der Waals surface area contributed by atoms with Crippen LogP contribution in [0.1, 0.15) is 28.1 Å². The second kappa shape index (κ2) is 10.8. The molecule has 3 rings (SSSR count). The van der Waals surface area contributed by atoms with Crippen molar-refractivity contribution < 1.29 is 18.7 Å². The van der Waals surface area contributed by atoms with Crippen LogP contribution in [-0.2, 0) is 16.1 Å². The molecule has 1 fully saturated rings. The van der Waals surface area contributed by atoms with Crippen molar-refractivity contribution in [2.75, 3.05) is 45.9 Å². The third-order valence-corrected chi connectivity index (χ3v) is 5.06. The lowest BCUT2D eigenvalue weighted by atomic mass is 10.1. The van der Waals surface area contributed by atoms with Crippen LogP contribution in [0, 0.1) is 6.92 Å². The molecule has 0 aliphatic carbocycles. The van der Waals surface area contributed by atoms with Gasteiger partial charge in [-0.25, -0.2) is 0 Å². The van der Waals surface area contributed by atoms with E-state index in [0.29, 0.717) is 31.0 Å². The summed E-state index contributed by atoms with van der Waals surface area (Å²) >= 11 is 0. The molecule has 1 aromatic carbocycles. The number of benzene rings is 1. The van der Waals surface area contributed by atoms with Crippen molar-refractivity contribution >= 4 is 11.8 Å². The van der Waals surface area contributed by atoms with Crippen LogP contribution in [0.25, 0.3) is 0 Å². The van der Waals surface area contributed by atoms with Crippen LogP contribution in [0.5, 0.6) is 0 Å². The number of furan rings is 1. The van der Waals surface area contributed by atoms with Crippen molar-refractivity contribution in [2.24, 2.45) is 0 Å². The Labute approximate surface area is 171 Å². The van der Waals surface area contributed by atoms with Crippen LogP contribution in [0.3, 0.4) is 0 Å². The lowest BCUT2D eigenvalue weighted by Crippen LogP contribution is -2.42. The number of carbonyl (C=O) groups is 2.